The van der Waals surface area contributed by atoms with Crippen LogP contribution in [0.1, 0.15) is 28.1 Å². The average molecular weight is 617 g/mol. The predicted molar refractivity (Wildman–Crippen MR) is 162 cm³/mol. The van der Waals surface area contributed by atoms with Gasteiger partial charge in [0.1, 0.15) is 41.3 Å². The molecule has 11 heteroatoms. The monoisotopic (exact) mass is 616 g/mol. The number of ketones is 1. The van der Waals surface area contributed by atoms with E-state index in [4.69, 9.17) is 23.0 Å². The minimum absolute atomic E-state index is 0.0876. The number of aliphatic hydroxyl groups excluding tert-OH is 4. The first-order chi connectivity index (χ1) is 21.8. The molecule has 3 aromatic carbocycles. The molecule has 0 amide bonds. The van der Waals surface area contributed by atoms with Gasteiger partial charge in [-0.25, -0.2) is 4.79 Å². The standard InChI is InChI=1S/C34H32O11/c1-18-15-25(36)45-32-22(18)11-12-23-27(32)26(19-7-3-2-4-8-19)33(43-23)28(37)20-9-5-10-21(16-20)41-13-6-14-42-34-31(40)30(39)29(38)24(17-35)44-34/h2-5,7-12,15-16,24,29-31,34-35,38-40H,6,13-14,17H2,1H3. The smallest absolute Gasteiger partial charge is 0.336 e. The normalized spacial score (nSPS) is 21.8. The maximum Gasteiger partial charge on any atom is 0.336 e. The van der Waals surface area contributed by atoms with Gasteiger partial charge in [-0.2, -0.15) is 0 Å². The van der Waals surface area contributed by atoms with E-state index in [-0.39, 0.29) is 24.8 Å². The van der Waals surface area contributed by atoms with Crippen LogP contribution in [0.4, 0.5) is 0 Å². The Kier molecular flexibility index (Phi) is 8.81. The van der Waals surface area contributed by atoms with Crippen LogP contribution in [0.5, 0.6) is 5.75 Å². The van der Waals surface area contributed by atoms with Gasteiger partial charge in [0.2, 0.25) is 5.78 Å². The van der Waals surface area contributed by atoms with Crippen LogP contribution in [0, 0.1) is 6.92 Å². The van der Waals surface area contributed by atoms with Gasteiger partial charge in [0, 0.05) is 29.0 Å². The summed E-state index contributed by atoms with van der Waals surface area (Å²) in [5, 5.41) is 40.5. The van der Waals surface area contributed by atoms with E-state index in [0.29, 0.717) is 39.8 Å². The molecule has 11 nitrogen and oxygen atoms in total. The average Bonchev–Trinajstić information content (AvgIpc) is 3.45. The van der Waals surface area contributed by atoms with E-state index < -0.39 is 42.9 Å². The van der Waals surface area contributed by atoms with Crippen LogP contribution in [-0.2, 0) is 9.47 Å². The topological polar surface area (TPSA) is 169 Å². The Morgan fingerprint density at radius 1 is 0.889 bits per heavy atom. The first-order valence-corrected chi connectivity index (χ1v) is 14.5. The van der Waals surface area contributed by atoms with Gasteiger partial charge in [-0.05, 0) is 42.3 Å². The van der Waals surface area contributed by atoms with Gasteiger partial charge < -0.3 is 43.5 Å². The summed E-state index contributed by atoms with van der Waals surface area (Å²) in [6.45, 7) is 1.56. The number of furan rings is 1. The van der Waals surface area contributed by atoms with Crippen molar-refractivity contribution in [1.82, 2.24) is 0 Å². The summed E-state index contributed by atoms with van der Waals surface area (Å²) in [6, 6.07) is 20.9. The highest BCUT2D eigenvalue weighted by Crippen LogP contribution is 2.40. The summed E-state index contributed by atoms with van der Waals surface area (Å²) < 4.78 is 28.5. The Hall–Kier alpha value is -4.36. The zero-order chi connectivity index (χ0) is 31.7. The van der Waals surface area contributed by atoms with E-state index in [0.717, 1.165) is 16.5 Å². The Morgan fingerprint density at radius 3 is 2.47 bits per heavy atom. The molecule has 0 aliphatic carbocycles. The largest absolute Gasteiger partial charge is 0.493 e. The molecule has 234 valence electrons. The Balaban J connectivity index is 1.21. The molecule has 0 saturated carbocycles. The summed E-state index contributed by atoms with van der Waals surface area (Å²) >= 11 is 0. The number of hydrogen-bond donors (Lipinski definition) is 4. The fourth-order valence-corrected chi connectivity index (χ4v) is 5.51. The van der Waals surface area contributed by atoms with Crippen molar-refractivity contribution in [3.05, 3.63) is 100 Å². The highest BCUT2D eigenvalue weighted by molar-refractivity contribution is 6.20. The lowest BCUT2D eigenvalue weighted by atomic mass is 9.96. The van der Waals surface area contributed by atoms with E-state index in [2.05, 4.69) is 0 Å². The number of hydrogen-bond acceptors (Lipinski definition) is 11. The Labute approximate surface area is 256 Å². The van der Waals surface area contributed by atoms with Crippen molar-refractivity contribution in [2.45, 2.75) is 44.1 Å². The fraction of sp³-hybridized carbons (Fsp3) is 0.294. The quantitative estimate of drug-likeness (QED) is 0.103. The molecule has 5 unspecified atom stereocenters. The third-order valence-corrected chi connectivity index (χ3v) is 7.82. The molecule has 0 spiro atoms. The fourth-order valence-electron chi connectivity index (χ4n) is 5.51. The highest BCUT2D eigenvalue weighted by atomic mass is 16.7. The molecule has 1 fully saturated rings. The Bertz CT molecular complexity index is 1870. The van der Waals surface area contributed by atoms with Crippen molar-refractivity contribution in [1.29, 1.82) is 0 Å². The van der Waals surface area contributed by atoms with Crippen molar-refractivity contribution in [2.75, 3.05) is 19.8 Å². The minimum atomic E-state index is -1.52. The molecule has 4 N–H and O–H groups in total. The number of benzene rings is 3. The number of fused-ring (bicyclic) bond motifs is 3. The summed E-state index contributed by atoms with van der Waals surface area (Å²) in [4.78, 5) is 26.3. The second-order valence-electron chi connectivity index (χ2n) is 10.9. The molecule has 1 aliphatic rings. The lowest BCUT2D eigenvalue weighted by molar-refractivity contribution is -0.301. The number of aryl methyl sites for hydroxylation is 1. The second-order valence-corrected chi connectivity index (χ2v) is 10.9. The number of rotatable bonds is 10. The van der Waals surface area contributed by atoms with Gasteiger partial charge >= 0.3 is 5.63 Å². The first-order valence-electron chi connectivity index (χ1n) is 14.5. The zero-order valence-electron chi connectivity index (χ0n) is 24.3. The van der Waals surface area contributed by atoms with Crippen LogP contribution in [0.15, 0.2) is 86.4 Å². The SMILES string of the molecule is Cc1cc(=O)oc2c1ccc1oc(C(=O)c3cccc(OCCCOC4OC(CO)C(O)C(O)C4O)c3)c(-c3ccccc3)c12. The summed E-state index contributed by atoms with van der Waals surface area (Å²) in [7, 11) is 0. The highest BCUT2D eigenvalue weighted by Gasteiger charge is 2.43. The minimum Gasteiger partial charge on any atom is -0.493 e. The molecule has 2 aromatic heterocycles. The second kappa shape index (κ2) is 12.9. The lowest BCUT2D eigenvalue weighted by Gasteiger charge is -2.39. The molecule has 0 bridgehead atoms. The van der Waals surface area contributed by atoms with E-state index in [9.17, 15) is 30.0 Å². The molecule has 5 aromatic rings. The van der Waals surface area contributed by atoms with Crippen LogP contribution >= 0.6 is 0 Å². The molecular formula is C34H32O11. The molecule has 5 atom stereocenters. The van der Waals surface area contributed by atoms with Crippen molar-refractivity contribution in [2.24, 2.45) is 0 Å². The van der Waals surface area contributed by atoms with Gasteiger partial charge in [-0.1, -0.05) is 42.5 Å². The third kappa shape index (κ3) is 6.01. The van der Waals surface area contributed by atoms with E-state index in [1.54, 1.807) is 36.4 Å². The van der Waals surface area contributed by atoms with E-state index >= 15 is 0 Å². The Morgan fingerprint density at radius 2 is 1.69 bits per heavy atom. The predicted octanol–water partition coefficient (Wildman–Crippen LogP) is 3.33. The van der Waals surface area contributed by atoms with Crippen LogP contribution in [0.2, 0.25) is 0 Å². The number of aliphatic hydroxyl groups is 4. The van der Waals surface area contributed by atoms with Gasteiger partial charge in [-0.15, -0.1) is 0 Å². The number of carbonyl (C=O) groups is 1. The summed E-state index contributed by atoms with van der Waals surface area (Å²) in [6.07, 6.45) is -6.38. The first kappa shape index (κ1) is 30.7. The van der Waals surface area contributed by atoms with E-state index in [1.807, 2.05) is 37.3 Å². The molecule has 1 aliphatic heterocycles. The zero-order valence-corrected chi connectivity index (χ0v) is 24.3. The van der Waals surface area contributed by atoms with Crippen LogP contribution in [0.25, 0.3) is 33.1 Å². The summed E-state index contributed by atoms with van der Waals surface area (Å²) in [5.74, 6) is 0.140. The summed E-state index contributed by atoms with van der Waals surface area (Å²) in [5.41, 5.74) is 2.58. The molecule has 45 heavy (non-hydrogen) atoms. The van der Waals surface area contributed by atoms with Gasteiger partial charge in [0.15, 0.2) is 12.1 Å². The molecule has 3 heterocycles. The van der Waals surface area contributed by atoms with Crippen molar-refractivity contribution in [3.63, 3.8) is 0 Å². The van der Waals surface area contributed by atoms with Crippen molar-refractivity contribution >= 4 is 27.7 Å². The maximum absolute atomic E-state index is 14.0. The van der Waals surface area contributed by atoms with E-state index in [1.165, 1.54) is 6.07 Å². The molecular weight excluding hydrogens is 584 g/mol. The lowest BCUT2D eigenvalue weighted by Crippen LogP contribution is -2.59. The molecule has 0 radical (unpaired) electrons. The third-order valence-electron chi connectivity index (χ3n) is 7.82. The van der Waals surface area contributed by atoms with Gasteiger partial charge in [0.05, 0.1) is 25.2 Å². The van der Waals surface area contributed by atoms with Gasteiger partial charge in [0.25, 0.3) is 0 Å². The molecule has 6 rings (SSSR count). The van der Waals surface area contributed by atoms with Crippen LogP contribution < -0.4 is 10.4 Å². The number of ether oxygens (including phenoxy) is 3. The van der Waals surface area contributed by atoms with Gasteiger partial charge in [-0.3, -0.25) is 4.79 Å². The maximum atomic E-state index is 14.0. The van der Waals surface area contributed by atoms with Crippen molar-refractivity contribution < 1.29 is 48.3 Å². The molecule has 1 saturated heterocycles. The van der Waals surface area contributed by atoms with Crippen LogP contribution in [0.3, 0.4) is 0 Å². The van der Waals surface area contributed by atoms with Crippen LogP contribution in [-0.4, -0.2) is 76.7 Å². The van der Waals surface area contributed by atoms with Crippen molar-refractivity contribution in [3.8, 4) is 16.9 Å². The number of carbonyl (C=O) groups excluding carboxylic acids is 1.